The van der Waals surface area contributed by atoms with Gasteiger partial charge in [0, 0.05) is 57.3 Å². The number of amides is 1. The molecule has 0 saturated carbocycles. The standard InChI is InChI=1S/C28H33N3O5/c1-35-26-9-8-21(18-27(26)36-2)22-16-24(32)23(25(33)17-22)19-29-10-11-30-12-14-31(15-13-30)28(34)20-6-4-3-5-7-20/h3-9,18-19,22,32H,10-17H2,1-2H3. The third-order valence-electron chi connectivity index (χ3n) is 6.81. The number of Topliss-reactive ketones (excluding diaryl/α,β-unsaturated/α-hetero) is 1. The Labute approximate surface area is 211 Å². The molecular weight excluding hydrogens is 458 g/mol. The number of rotatable bonds is 8. The van der Waals surface area contributed by atoms with Crippen molar-refractivity contribution in [3.05, 3.63) is 71.0 Å². The molecule has 0 spiro atoms. The number of carbonyl (C=O) groups is 2. The van der Waals surface area contributed by atoms with Gasteiger partial charge in [0.15, 0.2) is 17.3 Å². The first-order chi connectivity index (χ1) is 17.5. The molecule has 36 heavy (non-hydrogen) atoms. The van der Waals surface area contributed by atoms with Gasteiger partial charge >= 0.3 is 0 Å². The van der Waals surface area contributed by atoms with Crippen LogP contribution in [0.3, 0.4) is 0 Å². The van der Waals surface area contributed by atoms with Crippen LogP contribution in [0.4, 0.5) is 0 Å². The number of aliphatic hydroxyl groups is 1. The van der Waals surface area contributed by atoms with Crippen LogP contribution in [0.2, 0.25) is 0 Å². The van der Waals surface area contributed by atoms with E-state index in [0.717, 1.165) is 25.2 Å². The molecule has 0 bridgehead atoms. The first kappa shape index (κ1) is 25.4. The minimum atomic E-state index is -0.121. The van der Waals surface area contributed by atoms with Crippen LogP contribution in [-0.4, -0.2) is 86.3 Å². The number of hydrogen-bond donors (Lipinski definition) is 1. The van der Waals surface area contributed by atoms with Crippen LogP contribution in [0.15, 0.2) is 64.9 Å². The number of aliphatic hydroxyl groups excluding tert-OH is 1. The summed E-state index contributed by atoms with van der Waals surface area (Å²) < 4.78 is 10.6. The zero-order valence-electron chi connectivity index (χ0n) is 20.9. The van der Waals surface area contributed by atoms with E-state index in [1.165, 1.54) is 6.21 Å². The highest BCUT2D eigenvalue weighted by Gasteiger charge is 2.28. The van der Waals surface area contributed by atoms with Crippen LogP contribution in [0.1, 0.15) is 34.7 Å². The summed E-state index contributed by atoms with van der Waals surface area (Å²) in [6, 6.07) is 14.9. The fraction of sp³-hybridized carbons (Fsp3) is 0.393. The summed E-state index contributed by atoms with van der Waals surface area (Å²) in [7, 11) is 3.15. The lowest BCUT2D eigenvalue weighted by atomic mass is 9.83. The van der Waals surface area contributed by atoms with Gasteiger partial charge in [0.2, 0.25) is 0 Å². The zero-order valence-corrected chi connectivity index (χ0v) is 20.9. The minimum absolute atomic E-state index is 0.0675. The number of aliphatic imine (C=N–C) groups is 1. The molecule has 190 valence electrons. The molecule has 2 aromatic carbocycles. The van der Waals surface area contributed by atoms with Crippen LogP contribution in [0, 0.1) is 0 Å². The van der Waals surface area contributed by atoms with Crippen LogP contribution < -0.4 is 9.47 Å². The molecule has 8 nitrogen and oxygen atoms in total. The minimum Gasteiger partial charge on any atom is -0.511 e. The van der Waals surface area contributed by atoms with Gasteiger partial charge in [-0.2, -0.15) is 0 Å². The van der Waals surface area contributed by atoms with Gasteiger partial charge in [-0.15, -0.1) is 0 Å². The summed E-state index contributed by atoms with van der Waals surface area (Å²) in [5, 5.41) is 10.6. The maximum atomic E-state index is 12.8. The summed E-state index contributed by atoms with van der Waals surface area (Å²) in [6.45, 7) is 4.19. The molecule has 1 unspecified atom stereocenters. The molecule has 1 atom stereocenters. The number of hydrogen-bond acceptors (Lipinski definition) is 7. The van der Waals surface area contributed by atoms with Crippen molar-refractivity contribution < 1.29 is 24.2 Å². The highest BCUT2D eigenvalue weighted by molar-refractivity contribution is 6.14. The van der Waals surface area contributed by atoms with Crippen molar-refractivity contribution in [1.82, 2.24) is 9.80 Å². The lowest BCUT2D eigenvalue weighted by Crippen LogP contribution is -2.49. The summed E-state index contributed by atoms with van der Waals surface area (Å²) >= 11 is 0. The number of ether oxygens (including phenoxy) is 2. The monoisotopic (exact) mass is 491 g/mol. The third-order valence-corrected chi connectivity index (χ3v) is 6.81. The fourth-order valence-corrected chi connectivity index (χ4v) is 4.69. The van der Waals surface area contributed by atoms with Crippen molar-refractivity contribution in [2.24, 2.45) is 4.99 Å². The van der Waals surface area contributed by atoms with E-state index in [9.17, 15) is 14.7 Å². The Morgan fingerprint density at radius 2 is 1.75 bits per heavy atom. The largest absolute Gasteiger partial charge is 0.511 e. The van der Waals surface area contributed by atoms with E-state index in [1.807, 2.05) is 53.4 Å². The predicted molar refractivity (Wildman–Crippen MR) is 138 cm³/mol. The fourth-order valence-electron chi connectivity index (χ4n) is 4.69. The number of ketones is 1. The molecular formula is C28H33N3O5. The van der Waals surface area contributed by atoms with E-state index in [2.05, 4.69) is 9.89 Å². The van der Waals surface area contributed by atoms with Gasteiger partial charge in [-0.1, -0.05) is 24.3 Å². The van der Waals surface area contributed by atoms with Crippen LogP contribution in [0.5, 0.6) is 11.5 Å². The molecule has 8 heteroatoms. The van der Waals surface area contributed by atoms with Gasteiger partial charge in [-0.05, 0) is 35.7 Å². The maximum Gasteiger partial charge on any atom is 0.253 e. The van der Waals surface area contributed by atoms with Gasteiger partial charge in [-0.25, -0.2) is 0 Å². The average Bonchev–Trinajstić information content (AvgIpc) is 2.92. The van der Waals surface area contributed by atoms with Crippen LogP contribution in [-0.2, 0) is 4.79 Å². The Balaban J connectivity index is 1.27. The molecule has 1 heterocycles. The topological polar surface area (TPSA) is 91.7 Å². The molecule has 1 aliphatic carbocycles. The Morgan fingerprint density at radius 1 is 1.03 bits per heavy atom. The molecule has 1 N–H and O–H groups in total. The number of benzene rings is 2. The lowest BCUT2D eigenvalue weighted by molar-refractivity contribution is -0.116. The van der Waals surface area contributed by atoms with Crippen molar-refractivity contribution >= 4 is 17.9 Å². The van der Waals surface area contributed by atoms with Crippen molar-refractivity contribution in [2.45, 2.75) is 18.8 Å². The first-order valence-corrected chi connectivity index (χ1v) is 12.2. The number of nitrogens with zero attached hydrogens (tertiary/aromatic N) is 3. The predicted octanol–water partition coefficient (Wildman–Crippen LogP) is 3.49. The smallest absolute Gasteiger partial charge is 0.253 e. The molecule has 4 rings (SSSR count). The molecule has 1 fully saturated rings. The summed E-state index contributed by atoms with van der Waals surface area (Å²) in [6.07, 6.45) is 2.19. The Hall–Kier alpha value is -3.65. The van der Waals surface area contributed by atoms with E-state index >= 15 is 0 Å². The maximum absolute atomic E-state index is 12.8. The van der Waals surface area contributed by atoms with Gasteiger partial charge in [0.1, 0.15) is 5.76 Å². The van der Waals surface area contributed by atoms with Crippen molar-refractivity contribution in [1.29, 1.82) is 0 Å². The number of allylic oxidation sites excluding steroid dienone is 2. The molecule has 0 aromatic heterocycles. The van der Waals surface area contributed by atoms with Crippen molar-refractivity contribution in [3.8, 4) is 11.5 Å². The Bertz CT molecular complexity index is 1140. The third kappa shape index (κ3) is 5.94. The zero-order chi connectivity index (χ0) is 25.5. The molecule has 1 saturated heterocycles. The highest BCUT2D eigenvalue weighted by Crippen LogP contribution is 2.37. The second-order valence-corrected chi connectivity index (χ2v) is 9.04. The lowest BCUT2D eigenvalue weighted by Gasteiger charge is -2.34. The second-order valence-electron chi connectivity index (χ2n) is 9.04. The first-order valence-electron chi connectivity index (χ1n) is 12.2. The van der Waals surface area contributed by atoms with Gasteiger partial charge in [0.05, 0.1) is 26.3 Å². The molecule has 2 aromatic rings. The van der Waals surface area contributed by atoms with E-state index < -0.39 is 0 Å². The summed E-state index contributed by atoms with van der Waals surface area (Å²) in [4.78, 5) is 33.9. The summed E-state index contributed by atoms with van der Waals surface area (Å²) in [5.74, 6) is 1.13. The molecule has 2 aliphatic rings. The number of carbonyl (C=O) groups excluding carboxylic acids is 2. The molecule has 1 aliphatic heterocycles. The van der Waals surface area contributed by atoms with E-state index in [0.29, 0.717) is 55.1 Å². The van der Waals surface area contributed by atoms with Crippen LogP contribution >= 0.6 is 0 Å². The number of methoxy groups -OCH3 is 2. The second kappa shape index (κ2) is 11.9. The highest BCUT2D eigenvalue weighted by atomic mass is 16.5. The van der Waals surface area contributed by atoms with E-state index in [-0.39, 0.29) is 23.4 Å². The van der Waals surface area contributed by atoms with Gasteiger partial charge < -0.3 is 19.5 Å². The quantitative estimate of drug-likeness (QED) is 0.569. The Morgan fingerprint density at radius 3 is 2.42 bits per heavy atom. The summed E-state index contributed by atoms with van der Waals surface area (Å²) in [5.41, 5.74) is 1.94. The number of piperazine rings is 1. The average molecular weight is 492 g/mol. The van der Waals surface area contributed by atoms with Crippen molar-refractivity contribution in [3.63, 3.8) is 0 Å². The normalized spacial score (nSPS) is 19.1. The van der Waals surface area contributed by atoms with Gasteiger partial charge in [-0.3, -0.25) is 19.5 Å². The van der Waals surface area contributed by atoms with Crippen molar-refractivity contribution in [2.75, 3.05) is 53.5 Å². The van der Waals surface area contributed by atoms with E-state index in [1.54, 1.807) is 14.2 Å². The molecule has 0 radical (unpaired) electrons. The van der Waals surface area contributed by atoms with E-state index in [4.69, 9.17) is 9.47 Å². The molecule has 1 amide bonds. The van der Waals surface area contributed by atoms with Crippen LogP contribution in [0.25, 0.3) is 0 Å². The van der Waals surface area contributed by atoms with Gasteiger partial charge in [0.25, 0.3) is 5.91 Å². The Kier molecular flexibility index (Phi) is 8.38. The SMILES string of the molecule is COc1ccc(C2CC(=O)C(C=NCCN3CCN(C(=O)c4ccccc4)CC3)=C(O)C2)cc1OC.